The summed E-state index contributed by atoms with van der Waals surface area (Å²) in [5.74, 6) is 0.217. The monoisotopic (exact) mass is 451 g/mol. The van der Waals surface area contributed by atoms with E-state index in [0.29, 0.717) is 22.7 Å². The number of nitrogens with one attached hydrogen (secondary N) is 2. The summed E-state index contributed by atoms with van der Waals surface area (Å²) in [6.07, 6.45) is 0. The van der Waals surface area contributed by atoms with Gasteiger partial charge in [0.1, 0.15) is 5.75 Å². The average molecular weight is 452 g/mol. The molecule has 3 aromatic carbocycles. The number of methoxy groups -OCH3 is 1. The maximum Gasteiger partial charge on any atom is 0.269 e. The van der Waals surface area contributed by atoms with E-state index in [9.17, 15) is 19.7 Å². The van der Waals surface area contributed by atoms with Crippen LogP contribution in [0.25, 0.3) is 0 Å². The molecule has 8 nitrogen and oxygen atoms in total. The van der Waals surface area contributed by atoms with Crippen LogP contribution in [0.5, 0.6) is 5.75 Å². The van der Waals surface area contributed by atoms with Gasteiger partial charge in [0, 0.05) is 34.0 Å². The SMILES string of the molecule is COc1ccc(NC(=O)C(C)Sc2ccc(NC(=O)c3ccc([N+](=O)[O-])cc3)cc2)cc1. The molecule has 0 aliphatic carbocycles. The van der Waals surface area contributed by atoms with E-state index in [1.165, 1.54) is 36.0 Å². The number of hydrogen-bond donors (Lipinski definition) is 2. The zero-order valence-corrected chi connectivity index (χ0v) is 18.2. The van der Waals surface area contributed by atoms with Crippen molar-refractivity contribution in [2.45, 2.75) is 17.1 Å². The van der Waals surface area contributed by atoms with Gasteiger partial charge in [0.05, 0.1) is 17.3 Å². The van der Waals surface area contributed by atoms with Gasteiger partial charge in [-0.1, -0.05) is 0 Å². The minimum Gasteiger partial charge on any atom is -0.497 e. The third-order valence-electron chi connectivity index (χ3n) is 4.49. The van der Waals surface area contributed by atoms with Gasteiger partial charge in [0.2, 0.25) is 5.91 Å². The standard InChI is InChI=1S/C23H21N3O5S/c1-15(22(27)24-17-5-11-20(31-2)12-6-17)32-21-13-7-18(8-14-21)25-23(28)16-3-9-19(10-4-16)26(29)30/h3-15H,1-2H3,(H,24,27)(H,25,28). The zero-order chi connectivity index (χ0) is 23.1. The molecule has 0 heterocycles. The van der Waals surface area contributed by atoms with Gasteiger partial charge in [-0.05, 0) is 67.6 Å². The van der Waals surface area contributed by atoms with Crippen molar-refractivity contribution in [1.29, 1.82) is 0 Å². The molecule has 3 rings (SSSR count). The Labute approximate surface area is 189 Å². The van der Waals surface area contributed by atoms with Gasteiger partial charge in [-0.3, -0.25) is 19.7 Å². The van der Waals surface area contributed by atoms with Gasteiger partial charge in [0.15, 0.2) is 0 Å². The van der Waals surface area contributed by atoms with Crippen LogP contribution in [0.15, 0.2) is 77.7 Å². The zero-order valence-electron chi connectivity index (χ0n) is 17.4. The summed E-state index contributed by atoms with van der Waals surface area (Å²) < 4.78 is 5.11. The third kappa shape index (κ3) is 6.08. The van der Waals surface area contributed by atoms with Crippen molar-refractivity contribution in [3.8, 4) is 5.75 Å². The lowest BCUT2D eigenvalue weighted by Crippen LogP contribution is -2.22. The Hall–Kier alpha value is -3.85. The quantitative estimate of drug-likeness (QED) is 0.284. The summed E-state index contributed by atoms with van der Waals surface area (Å²) >= 11 is 1.39. The molecule has 1 unspecified atom stereocenters. The number of nitro benzene ring substituents is 1. The lowest BCUT2D eigenvalue weighted by Gasteiger charge is -2.13. The van der Waals surface area contributed by atoms with Crippen molar-refractivity contribution in [2.24, 2.45) is 0 Å². The minimum absolute atomic E-state index is 0.0759. The Morgan fingerprint density at radius 2 is 1.47 bits per heavy atom. The largest absolute Gasteiger partial charge is 0.497 e. The second-order valence-corrected chi connectivity index (χ2v) is 8.17. The fourth-order valence-electron chi connectivity index (χ4n) is 2.73. The highest BCUT2D eigenvalue weighted by Crippen LogP contribution is 2.26. The lowest BCUT2D eigenvalue weighted by atomic mass is 10.2. The van der Waals surface area contributed by atoms with Gasteiger partial charge < -0.3 is 15.4 Å². The maximum absolute atomic E-state index is 12.4. The van der Waals surface area contributed by atoms with Gasteiger partial charge in [-0.15, -0.1) is 11.8 Å². The number of amides is 2. The predicted octanol–water partition coefficient (Wildman–Crippen LogP) is 4.98. The molecule has 164 valence electrons. The lowest BCUT2D eigenvalue weighted by molar-refractivity contribution is -0.384. The molecule has 0 radical (unpaired) electrons. The van der Waals surface area contributed by atoms with Crippen LogP contribution in [-0.2, 0) is 4.79 Å². The number of benzene rings is 3. The molecule has 0 bridgehead atoms. The van der Waals surface area contributed by atoms with Crippen molar-refractivity contribution in [1.82, 2.24) is 0 Å². The number of carbonyl (C=O) groups is 2. The normalized spacial score (nSPS) is 11.3. The molecule has 9 heteroatoms. The van der Waals surface area contributed by atoms with Gasteiger partial charge in [0.25, 0.3) is 11.6 Å². The highest BCUT2D eigenvalue weighted by atomic mass is 32.2. The molecule has 3 aromatic rings. The van der Waals surface area contributed by atoms with Crippen LogP contribution < -0.4 is 15.4 Å². The number of ether oxygens (including phenoxy) is 1. The topological polar surface area (TPSA) is 111 Å². The number of carbonyl (C=O) groups excluding carboxylic acids is 2. The van der Waals surface area contributed by atoms with Crippen molar-refractivity contribution in [3.63, 3.8) is 0 Å². The van der Waals surface area contributed by atoms with Gasteiger partial charge in [-0.2, -0.15) is 0 Å². The van der Waals surface area contributed by atoms with E-state index in [2.05, 4.69) is 10.6 Å². The molecular weight excluding hydrogens is 430 g/mol. The van der Waals surface area contributed by atoms with E-state index in [1.54, 1.807) is 43.5 Å². The van der Waals surface area contributed by atoms with E-state index >= 15 is 0 Å². The number of rotatable bonds is 8. The molecule has 1 atom stereocenters. The Kier molecular flexibility index (Phi) is 7.45. The van der Waals surface area contributed by atoms with Crippen LogP contribution in [0.3, 0.4) is 0 Å². The predicted molar refractivity (Wildman–Crippen MR) is 124 cm³/mol. The summed E-state index contributed by atoms with van der Waals surface area (Å²) in [5, 5.41) is 16.0. The molecule has 0 saturated heterocycles. The first-order valence-corrected chi connectivity index (χ1v) is 10.5. The van der Waals surface area contributed by atoms with Crippen molar-refractivity contribution < 1.29 is 19.2 Å². The summed E-state index contributed by atoms with van der Waals surface area (Å²) in [6.45, 7) is 1.81. The number of non-ortho nitro benzene ring substituents is 1. The van der Waals surface area contributed by atoms with Crippen molar-refractivity contribution >= 4 is 40.6 Å². The van der Waals surface area contributed by atoms with Crippen LogP contribution in [0, 0.1) is 10.1 Å². The first-order valence-electron chi connectivity index (χ1n) is 9.63. The average Bonchev–Trinajstić information content (AvgIpc) is 2.80. The molecule has 2 N–H and O–H groups in total. The molecule has 0 aliphatic rings. The molecule has 32 heavy (non-hydrogen) atoms. The Balaban J connectivity index is 1.54. The van der Waals surface area contributed by atoms with Crippen LogP contribution in [0.2, 0.25) is 0 Å². The second kappa shape index (κ2) is 10.5. The summed E-state index contributed by atoms with van der Waals surface area (Å²) in [4.78, 5) is 35.8. The smallest absolute Gasteiger partial charge is 0.269 e. The molecular formula is C23H21N3O5S. The van der Waals surface area contributed by atoms with Crippen molar-refractivity contribution in [2.75, 3.05) is 17.7 Å². The van der Waals surface area contributed by atoms with Gasteiger partial charge in [-0.25, -0.2) is 0 Å². The van der Waals surface area contributed by atoms with Crippen LogP contribution in [-0.4, -0.2) is 29.1 Å². The number of thioether (sulfide) groups is 1. The molecule has 0 fully saturated rings. The summed E-state index contributed by atoms with van der Waals surface area (Å²) in [7, 11) is 1.58. The summed E-state index contributed by atoms with van der Waals surface area (Å²) in [6, 6.07) is 19.6. The van der Waals surface area contributed by atoms with E-state index in [4.69, 9.17) is 4.74 Å². The van der Waals surface area contributed by atoms with E-state index < -0.39 is 4.92 Å². The maximum atomic E-state index is 12.4. The number of nitro groups is 1. The molecule has 2 amide bonds. The molecule has 0 aromatic heterocycles. The van der Waals surface area contributed by atoms with Crippen LogP contribution in [0.4, 0.5) is 17.1 Å². The van der Waals surface area contributed by atoms with E-state index in [-0.39, 0.29) is 22.8 Å². The van der Waals surface area contributed by atoms with Crippen LogP contribution >= 0.6 is 11.8 Å². The highest BCUT2D eigenvalue weighted by molar-refractivity contribution is 8.00. The van der Waals surface area contributed by atoms with E-state index in [0.717, 1.165) is 4.90 Å². The number of hydrogen-bond acceptors (Lipinski definition) is 6. The minimum atomic E-state index is -0.518. The number of nitrogens with zero attached hydrogens (tertiary/aromatic N) is 1. The Bertz CT molecular complexity index is 1100. The first kappa shape index (κ1) is 22.8. The second-order valence-electron chi connectivity index (χ2n) is 6.76. The fourth-order valence-corrected chi connectivity index (χ4v) is 3.60. The number of anilines is 2. The van der Waals surface area contributed by atoms with Crippen molar-refractivity contribution in [3.05, 3.63) is 88.5 Å². The fraction of sp³-hybridized carbons (Fsp3) is 0.130. The molecule has 0 aliphatic heterocycles. The Morgan fingerprint density at radius 1 is 0.906 bits per heavy atom. The summed E-state index contributed by atoms with van der Waals surface area (Å²) in [5.41, 5.74) is 1.51. The molecule has 0 saturated carbocycles. The molecule has 0 spiro atoms. The first-order chi connectivity index (χ1) is 15.4. The third-order valence-corrected chi connectivity index (χ3v) is 5.60. The Morgan fingerprint density at radius 3 is 2.03 bits per heavy atom. The van der Waals surface area contributed by atoms with Gasteiger partial charge >= 0.3 is 0 Å². The highest BCUT2D eigenvalue weighted by Gasteiger charge is 2.15. The van der Waals surface area contributed by atoms with E-state index in [1.807, 2.05) is 19.1 Å². The van der Waals surface area contributed by atoms with Crippen LogP contribution in [0.1, 0.15) is 17.3 Å².